The van der Waals surface area contributed by atoms with E-state index in [0.29, 0.717) is 0 Å². The maximum Gasteiger partial charge on any atom is 0.320 e. The third kappa shape index (κ3) is 15.4. The van der Waals surface area contributed by atoms with Gasteiger partial charge in [-0.05, 0) is 32.5 Å². The van der Waals surface area contributed by atoms with Gasteiger partial charge in [0.05, 0.1) is 0 Å². The van der Waals surface area contributed by atoms with Gasteiger partial charge in [0, 0.05) is 0 Å². The Morgan fingerprint density at radius 1 is 1.47 bits per heavy atom. The van der Waals surface area contributed by atoms with E-state index in [2.05, 4.69) is 29.8 Å². The average Bonchev–Trinajstić information content (AvgIpc) is 2.83. The normalized spacial score (nSPS) is 18.2. The molecule has 1 saturated heterocycles. The molecule has 0 aliphatic carbocycles. The van der Waals surface area contributed by atoms with Gasteiger partial charge < -0.3 is 31.5 Å². The summed E-state index contributed by atoms with van der Waals surface area (Å²) < 4.78 is 5.13. The number of nitrogens with zero attached hydrogens (tertiary/aromatic N) is 1. The molecule has 0 aromatic heterocycles. The summed E-state index contributed by atoms with van der Waals surface area (Å²) in [6, 6.07) is -0.269. The summed E-state index contributed by atoms with van der Waals surface area (Å²) in [6.45, 7) is 11.1. The van der Waals surface area contributed by atoms with E-state index in [1.54, 1.807) is 0 Å². The Morgan fingerprint density at radius 2 is 2.00 bits per heavy atom. The van der Waals surface area contributed by atoms with Crippen molar-refractivity contribution in [2.45, 2.75) is 58.3 Å². The first-order valence-corrected chi connectivity index (χ1v) is 8.52. The highest BCUT2D eigenvalue weighted by molar-refractivity contribution is 6.48. The Hall–Kier alpha value is -0.513. The highest BCUT2D eigenvalue weighted by atomic mass is 28.3. The van der Waals surface area contributed by atoms with Crippen molar-refractivity contribution in [2.24, 2.45) is 5.90 Å². The summed E-state index contributed by atoms with van der Waals surface area (Å²) in [5.74, 6) is 2.53. The summed E-state index contributed by atoms with van der Waals surface area (Å²) in [7, 11) is -0.634. The smallest absolute Gasteiger partial charge is 0.320 e. The Morgan fingerprint density at radius 3 is 2.16 bits per heavy atom. The number of carboxylic acids is 1. The molecule has 0 saturated carbocycles. The second-order valence-corrected chi connectivity index (χ2v) is 7.25. The van der Waals surface area contributed by atoms with E-state index in [-0.39, 0.29) is 11.6 Å². The topological polar surface area (TPSA) is 122 Å². The van der Waals surface area contributed by atoms with Crippen LogP contribution in [0.1, 0.15) is 33.6 Å². The molecule has 0 aromatic carbocycles. The van der Waals surface area contributed by atoms with Crippen molar-refractivity contribution in [1.29, 1.82) is 0 Å². The quantitative estimate of drug-likeness (QED) is 0.536. The SMILES string of the molecule is C[Si](C)O[N-]C(C)(C)C.N[O-].O=C(O)[C@@H]1CCCN1. The molecule has 7 nitrogen and oxygen atoms in total. The summed E-state index contributed by atoms with van der Waals surface area (Å²) in [5.41, 5.74) is 3.96. The second-order valence-electron chi connectivity index (χ2n) is 5.25. The number of carbonyl (C=O) groups is 1. The largest absolute Gasteiger partial charge is 0.790 e. The van der Waals surface area contributed by atoms with Crippen LogP contribution in [-0.2, 0) is 9.32 Å². The van der Waals surface area contributed by atoms with Gasteiger partial charge in [0.25, 0.3) is 0 Å². The van der Waals surface area contributed by atoms with Crippen molar-refractivity contribution >= 4 is 15.0 Å². The Balaban J connectivity index is 0. The van der Waals surface area contributed by atoms with Gasteiger partial charge >= 0.3 is 5.97 Å². The standard InChI is InChI=1S/C6H15NOSi.C5H9NO2.H2NO/c1-6(2,3)7-8-9(4)5;7-5(8)4-2-1-3-6-4;1-2/h1-5H3;4,6H,1-3H2,(H,7,8);1H2/q-1;;-1/t;4-;/m.0./s1. The third-order valence-corrected chi connectivity index (χ3v) is 2.32. The Labute approximate surface area is 117 Å². The van der Waals surface area contributed by atoms with Crippen LogP contribution in [-0.4, -0.2) is 38.2 Å². The van der Waals surface area contributed by atoms with Crippen molar-refractivity contribution < 1.29 is 14.4 Å². The molecule has 19 heavy (non-hydrogen) atoms. The van der Waals surface area contributed by atoms with Crippen LogP contribution in [0.25, 0.3) is 5.48 Å². The van der Waals surface area contributed by atoms with E-state index < -0.39 is 15.0 Å². The average molecular weight is 292 g/mol. The van der Waals surface area contributed by atoms with Crippen molar-refractivity contribution in [2.75, 3.05) is 6.54 Å². The minimum atomic E-state index is -0.720. The van der Waals surface area contributed by atoms with Crippen LogP contribution in [0.4, 0.5) is 0 Å². The van der Waals surface area contributed by atoms with Gasteiger partial charge in [-0.15, -0.1) is 5.54 Å². The number of carboxylic acid groups (broad SMARTS) is 1. The molecule has 0 bridgehead atoms. The monoisotopic (exact) mass is 292 g/mol. The predicted molar refractivity (Wildman–Crippen MR) is 77.9 cm³/mol. The predicted octanol–water partition coefficient (Wildman–Crippen LogP) is 1.61. The van der Waals surface area contributed by atoms with Crippen LogP contribution >= 0.6 is 0 Å². The van der Waals surface area contributed by atoms with E-state index in [0.717, 1.165) is 19.4 Å². The molecular weight excluding hydrogens is 266 g/mol. The Kier molecular flexibility index (Phi) is 12.4. The van der Waals surface area contributed by atoms with Crippen LogP contribution in [0, 0.1) is 5.21 Å². The lowest BCUT2D eigenvalue weighted by Gasteiger charge is -2.38. The lowest BCUT2D eigenvalue weighted by atomic mass is 10.1. The molecule has 8 heteroatoms. The summed E-state index contributed by atoms with van der Waals surface area (Å²) >= 11 is 0. The first-order valence-electron chi connectivity index (χ1n) is 6.11. The highest BCUT2D eigenvalue weighted by Crippen LogP contribution is 2.14. The fourth-order valence-corrected chi connectivity index (χ4v) is 1.58. The highest BCUT2D eigenvalue weighted by Gasteiger charge is 2.20. The minimum absolute atomic E-state index is 0.0397. The number of nitrogens with two attached hydrogens (primary N) is 1. The molecular formula is C11H26N3O4Si-2. The second kappa shape index (κ2) is 11.3. The van der Waals surface area contributed by atoms with Crippen LogP contribution in [0.15, 0.2) is 0 Å². The summed E-state index contributed by atoms with van der Waals surface area (Å²) in [4.78, 5) is 10.1. The first-order chi connectivity index (χ1) is 8.72. The maximum atomic E-state index is 10.1. The van der Waals surface area contributed by atoms with Crippen molar-refractivity contribution in [3.63, 3.8) is 0 Å². The maximum absolute atomic E-state index is 10.1. The van der Waals surface area contributed by atoms with Gasteiger partial charge in [-0.1, -0.05) is 20.8 Å². The molecule has 0 spiro atoms. The number of nitrogens with one attached hydrogen (secondary N) is 1. The van der Waals surface area contributed by atoms with Crippen LogP contribution in [0.2, 0.25) is 13.1 Å². The number of rotatable bonds is 3. The zero-order chi connectivity index (χ0) is 15.5. The van der Waals surface area contributed by atoms with E-state index in [1.165, 1.54) is 0 Å². The molecule has 0 unspecified atom stereocenters. The van der Waals surface area contributed by atoms with Gasteiger partial charge in [0.2, 0.25) is 0 Å². The van der Waals surface area contributed by atoms with Gasteiger partial charge in [-0.25, -0.2) is 0 Å². The molecule has 4 N–H and O–H groups in total. The van der Waals surface area contributed by atoms with Gasteiger partial charge in [0.1, 0.15) is 6.04 Å². The van der Waals surface area contributed by atoms with E-state index in [1.807, 2.05) is 20.8 Å². The molecule has 115 valence electrons. The van der Waals surface area contributed by atoms with E-state index >= 15 is 0 Å². The fourth-order valence-electron chi connectivity index (χ4n) is 1.12. The Bertz CT molecular complexity index is 228. The molecule has 1 fully saturated rings. The van der Waals surface area contributed by atoms with E-state index in [4.69, 9.17) is 14.8 Å². The molecule has 1 aliphatic heterocycles. The van der Waals surface area contributed by atoms with E-state index in [9.17, 15) is 4.79 Å². The molecule has 1 rings (SSSR count). The van der Waals surface area contributed by atoms with Crippen LogP contribution in [0.3, 0.4) is 0 Å². The van der Waals surface area contributed by atoms with Crippen LogP contribution in [0.5, 0.6) is 0 Å². The fraction of sp³-hybridized carbons (Fsp3) is 0.909. The molecule has 1 aliphatic rings. The number of hydrogen-bond donors (Lipinski definition) is 3. The summed E-state index contributed by atoms with van der Waals surface area (Å²) in [6.07, 6.45) is 1.78. The van der Waals surface area contributed by atoms with Crippen molar-refractivity contribution in [3.05, 3.63) is 10.7 Å². The number of aliphatic carboxylic acids is 1. The van der Waals surface area contributed by atoms with Crippen molar-refractivity contribution in [1.82, 2.24) is 5.32 Å². The molecule has 1 radical (unpaired) electrons. The van der Waals surface area contributed by atoms with Gasteiger partial charge in [-0.3, -0.25) is 4.79 Å². The number of hydrogen-bond acceptors (Lipinski definition) is 5. The van der Waals surface area contributed by atoms with Gasteiger partial charge in [0.15, 0.2) is 9.04 Å². The number of hydroxylamine groups is 1. The third-order valence-electron chi connectivity index (χ3n) is 1.86. The molecule has 1 atom stereocenters. The molecule has 1 heterocycles. The molecule has 0 amide bonds. The van der Waals surface area contributed by atoms with Gasteiger partial charge in [-0.2, -0.15) is 0 Å². The lowest BCUT2D eigenvalue weighted by Crippen LogP contribution is -2.29. The van der Waals surface area contributed by atoms with Crippen LogP contribution < -0.4 is 11.2 Å². The lowest BCUT2D eigenvalue weighted by molar-refractivity contribution is -0.139. The summed E-state index contributed by atoms with van der Waals surface area (Å²) in [5, 5.41) is 19.0. The zero-order valence-corrected chi connectivity index (χ0v) is 13.4. The van der Waals surface area contributed by atoms with Crippen molar-refractivity contribution in [3.8, 4) is 0 Å². The molecule has 0 aromatic rings. The minimum Gasteiger partial charge on any atom is -0.790 e. The zero-order valence-electron chi connectivity index (χ0n) is 12.4. The first kappa shape index (κ1) is 20.8.